The normalized spacial score (nSPS) is 12.7. The molecule has 3 nitrogen and oxygen atoms in total. The molecule has 1 aromatic heterocycles. The molecule has 0 aliphatic heterocycles. The van der Waals surface area contributed by atoms with Crippen molar-refractivity contribution in [1.29, 1.82) is 0 Å². The van der Waals surface area contributed by atoms with Crippen LogP contribution in [-0.2, 0) is 0 Å². The molecule has 0 radical (unpaired) electrons. The first-order valence-corrected chi connectivity index (χ1v) is 6.59. The Morgan fingerprint density at radius 2 is 2.18 bits per heavy atom. The standard InChI is InChI=1S/C11H11Cl2N3S/c1-6-15-9(5-17-6)11(16-14)7-3-2-4-8(12)10(7)13/h2-5,11,16H,14H2,1H3. The van der Waals surface area contributed by atoms with Crippen LogP contribution in [0.25, 0.3) is 0 Å². The number of hydrazine groups is 1. The highest BCUT2D eigenvalue weighted by Crippen LogP contribution is 2.32. The third kappa shape index (κ3) is 2.61. The molecule has 0 spiro atoms. The molecule has 90 valence electrons. The molecular formula is C11H11Cl2N3S. The minimum atomic E-state index is -0.244. The van der Waals surface area contributed by atoms with Crippen molar-refractivity contribution in [3.8, 4) is 0 Å². The Morgan fingerprint density at radius 3 is 2.76 bits per heavy atom. The third-order valence-corrected chi connectivity index (χ3v) is 4.02. The largest absolute Gasteiger partial charge is 0.271 e. The van der Waals surface area contributed by atoms with Crippen LogP contribution in [0.3, 0.4) is 0 Å². The van der Waals surface area contributed by atoms with Gasteiger partial charge < -0.3 is 0 Å². The topological polar surface area (TPSA) is 50.9 Å². The van der Waals surface area contributed by atoms with Gasteiger partial charge in [0.15, 0.2) is 0 Å². The third-order valence-electron chi connectivity index (χ3n) is 2.39. The molecule has 0 fully saturated rings. The second kappa shape index (κ2) is 5.33. The molecule has 0 amide bonds. The fourth-order valence-corrected chi connectivity index (χ4v) is 2.65. The minimum absolute atomic E-state index is 0.244. The summed E-state index contributed by atoms with van der Waals surface area (Å²) in [5.41, 5.74) is 4.39. The molecule has 0 aliphatic rings. The van der Waals surface area contributed by atoms with Crippen LogP contribution < -0.4 is 11.3 Å². The molecule has 1 atom stereocenters. The number of aryl methyl sites for hydroxylation is 1. The second-order valence-corrected chi connectivity index (χ2v) is 5.38. The fraction of sp³-hybridized carbons (Fsp3) is 0.182. The van der Waals surface area contributed by atoms with Gasteiger partial charge in [0, 0.05) is 5.38 Å². The van der Waals surface area contributed by atoms with Crippen molar-refractivity contribution in [3.05, 3.63) is 49.9 Å². The number of nitrogens with one attached hydrogen (secondary N) is 1. The average molecular weight is 288 g/mol. The van der Waals surface area contributed by atoms with Gasteiger partial charge in [0.25, 0.3) is 0 Å². The Balaban J connectivity index is 2.45. The zero-order valence-corrected chi connectivity index (χ0v) is 11.4. The lowest BCUT2D eigenvalue weighted by atomic mass is 10.1. The summed E-state index contributed by atoms with van der Waals surface area (Å²) in [6, 6.07) is 5.22. The van der Waals surface area contributed by atoms with Crippen molar-refractivity contribution in [2.75, 3.05) is 0 Å². The summed E-state index contributed by atoms with van der Waals surface area (Å²) in [4.78, 5) is 4.40. The molecule has 0 saturated carbocycles. The average Bonchev–Trinajstić information content (AvgIpc) is 2.72. The molecule has 1 unspecified atom stereocenters. The summed E-state index contributed by atoms with van der Waals surface area (Å²) < 4.78 is 0. The minimum Gasteiger partial charge on any atom is -0.271 e. The summed E-state index contributed by atoms with van der Waals surface area (Å²) >= 11 is 13.7. The van der Waals surface area contributed by atoms with Crippen LogP contribution in [0.5, 0.6) is 0 Å². The summed E-state index contributed by atoms with van der Waals surface area (Å²) in [5, 5.41) is 3.95. The molecule has 2 aromatic rings. The van der Waals surface area contributed by atoms with Crippen molar-refractivity contribution in [2.45, 2.75) is 13.0 Å². The lowest BCUT2D eigenvalue weighted by Crippen LogP contribution is -2.29. The van der Waals surface area contributed by atoms with Crippen molar-refractivity contribution in [1.82, 2.24) is 10.4 Å². The van der Waals surface area contributed by atoms with Gasteiger partial charge in [-0.2, -0.15) is 0 Å². The number of rotatable bonds is 3. The monoisotopic (exact) mass is 287 g/mol. The number of nitrogens with two attached hydrogens (primary N) is 1. The van der Waals surface area contributed by atoms with E-state index < -0.39 is 0 Å². The van der Waals surface area contributed by atoms with Crippen molar-refractivity contribution in [2.24, 2.45) is 5.84 Å². The fourth-order valence-electron chi connectivity index (χ4n) is 1.59. The van der Waals surface area contributed by atoms with Gasteiger partial charge in [-0.05, 0) is 18.6 Å². The van der Waals surface area contributed by atoms with Gasteiger partial charge in [0.1, 0.15) is 0 Å². The summed E-state index contributed by atoms with van der Waals surface area (Å²) in [6.07, 6.45) is 0. The van der Waals surface area contributed by atoms with Crippen molar-refractivity contribution < 1.29 is 0 Å². The number of nitrogens with zero attached hydrogens (tertiary/aromatic N) is 1. The Morgan fingerprint density at radius 1 is 1.41 bits per heavy atom. The number of aromatic nitrogens is 1. The number of hydrogen-bond donors (Lipinski definition) is 2. The van der Waals surface area contributed by atoms with Crippen LogP contribution in [0.15, 0.2) is 23.6 Å². The molecule has 17 heavy (non-hydrogen) atoms. The first kappa shape index (κ1) is 12.8. The van der Waals surface area contributed by atoms with E-state index in [2.05, 4.69) is 10.4 Å². The number of halogens is 2. The predicted molar refractivity (Wildman–Crippen MR) is 72.5 cm³/mol. The molecule has 3 N–H and O–H groups in total. The van der Waals surface area contributed by atoms with Crippen molar-refractivity contribution in [3.63, 3.8) is 0 Å². The molecule has 0 bridgehead atoms. The molecule has 0 aliphatic carbocycles. The highest BCUT2D eigenvalue weighted by atomic mass is 35.5. The van der Waals surface area contributed by atoms with Gasteiger partial charge in [-0.25, -0.2) is 10.4 Å². The Bertz CT molecular complexity index is 527. The first-order valence-electron chi connectivity index (χ1n) is 4.95. The highest BCUT2D eigenvalue weighted by molar-refractivity contribution is 7.09. The van der Waals surface area contributed by atoms with E-state index in [1.807, 2.05) is 24.4 Å². The lowest BCUT2D eigenvalue weighted by Gasteiger charge is -2.16. The van der Waals surface area contributed by atoms with E-state index in [1.165, 1.54) is 0 Å². The van der Waals surface area contributed by atoms with Gasteiger partial charge in [-0.15, -0.1) is 11.3 Å². The maximum Gasteiger partial charge on any atom is 0.0904 e. The van der Waals surface area contributed by atoms with Gasteiger partial charge >= 0.3 is 0 Å². The quantitative estimate of drug-likeness (QED) is 0.673. The molecule has 1 heterocycles. The van der Waals surface area contributed by atoms with E-state index in [0.29, 0.717) is 10.0 Å². The van der Waals surface area contributed by atoms with Gasteiger partial charge in [-0.1, -0.05) is 35.3 Å². The summed E-state index contributed by atoms with van der Waals surface area (Å²) in [7, 11) is 0. The molecular weight excluding hydrogens is 277 g/mol. The van der Waals surface area contributed by atoms with E-state index in [9.17, 15) is 0 Å². The summed E-state index contributed by atoms with van der Waals surface area (Å²) in [6.45, 7) is 1.95. The lowest BCUT2D eigenvalue weighted by molar-refractivity contribution is 0.623. The molecule has 6 heteroatoms. The van der Waals surface area contributed by atoms with E-state index in [-0.39, 0.29) is 6.04 Å². The zero-order valence-electron chi connectivity index (χ0n) is 9.08. The summed E-state index contributed by atoms with van der Waals surface area (Å²) in [5.74, 6) is 5.58. The van der Waals surface area contributed by atoms with Crippen LogP contribution in [0.2, 0.25) is 10.0 Å². The first-order chi connectivity index (χ1) is 8.13. The maximum absolute atomic E-state index is 6.17. The van der Waals surface area contributed by atoms with E-state index in [0.717, 1.165) is 16.3 Å². The Labute approximate surface area is 114 Å². The number of benzene rings is 1. The van der Waals surface area contributed by atoms with Crippen LogP contribution in [0.4, 0.5) is 0 Å². The van der Waals surface area contributed by atoms with E-state index >= 15 is 0 Å². The zero-order chi connectivity index (χ0) is 12.4. The van der Waals surface area contributed by atoms with Crippen LogP contribution in [0.1, 0.15) is 22.3 Å². The highest BCUT2D eigenvalue weighted by Gasteiger charge is 2.19. The Hall–Kier alpha value is -0.650. The second-order valence-electron chi connectivity index (χ2n) is 3.53. The molecule has 1 aromatic carbocycles. The predicted octanol–water partition coefficient (Wildman–Crippen LogP) is 3.31. The smallest absolute Gasteiger partial charge is 0.0904 e. The van der Waals surface area contributed by atoms with Crippen LogP contribution in [0, 0.1) is 6.92 Å². The van der Waals surface area contributed by atoms with Crippen molar-refractivity contribution >= 4 is 34.5 Å². The van der Waals surface area contributed by atoms with Gasteiger partial charge in [-0.3, -0.25) is 5.84 Å². The molecule has 2 rings (SSSR count). The SMILES string of the molecule is Cc1nc(C(NN)c2cccc(Cl)c2Cl)cs1. The maximum atomic E-state index is 6.17. The van der Waals surface area contributed by atoms with Gasteiger partial charge in [0.05, 0.1) is 26.8 Å². The molecule has 0 saturated heterocycles. The van der Waals surface area contributed by atoms with E-state index in [1.54, 1.807) is 17.4 Å². The van der Waals surface area contributed by atoms with Crippen LogP contribution >= 0.6 is 34.5 Å². The number of thiazole rings is 1. The number of hydrogen-bond acceptors (Lipinski definition) is 4. The van der Waals surface area contributed by atoms with E-state index in [4.69, 9.17) is 29.0 Å². The Kier molecular flexibility index (Phi) is 4.01. The van der Waals surface area contributed by atoms with Gasteiger partial charge in [0.2, 0.25) is 0 Å². The van der Waals surface area contributed by atoms with Crippen LogP contribution in [-0.4, -0.2) is 4.98 Å².